The lowest BCUT2D eigenvalue weighted by molar-refractivity contribution is 0.0512. The predicted octanol–water partition coefficient (Wildman–Crippen LogP) is 2.92. The molecule has 160 valence electrons. The van der Waals surface area contributed by atoms with Crippen LogP contribution in [0, 0.1) is 6.92 Å². The van der Waals surface area contributed by atoms with Crippen LogP contribution in [0.5, 0.6) is 11.6 Å². The average Bonchev–Trinajstić information content (AvgIpc) is 3.20. The van der Waals surface area contributed by atoms with Crippen LogP contribution in [0.4, 0.5) is 0 Å². The molecule has 0 amide bonds. The zero-order chi connectivity index (χ0) is 22.2. The van der Waals surface area contributed by atoms with Crippen LogP contribution < -0.4 is 9.47 Å². The van der Waals surface area contributed by atoms with Gasteiger partial charge in [0, 0.05) is 5.56 Å². The van der Waals surface area contributed by atoms with Gasteiger partial charge in [0.05, 0.1) is 19.9 Å². The van der Waals surface area contributed by atoms with Crippen LogP contribution in [-0.2, 0) is 4.74 Å². The van der Waals surface area contributed by atoms with Crippen LogP contribution in [0.25, 0.3) is 0 Å². The molecule has 1 heterocycles. The van der Waals surface area contributed by atoms with Crippen LogP contribution in [0.1, 0.15) is 38.9 Å². The monoisotopic (exact) mass is 422 g/mol. The number of aromatic nitrogens is 3. The Balaban J connectivity index is 1.83. The maximum absolute atomic E-state index is 12.5. The number of ketones is 1. The molecule has 0 aliphatic heterocycles. The summed E-state index contributed by atoms with van der Waals surface area (Å²) in [5, 5.41) is 11.9. The van der Waals surface area contributed by atoms with E-state index in [2.05, 4.69) is 15.4 Å². The van der Waals surface area contributed by atoms with Crippen LogP contribution in [0.3, 0.4) is 0 Å². The number of methoxy groups -OCH3 is 1. The van der Waals surface area contributed by atoms with Crippen molar-refractivity contribution in [2.75, 3.05) is 20.3 Å². The van der Waals surface area contributed by atoms with E-state index in [9.17, 15) is 9.59 Å². The third-order valence-electron chi connectivity index (χ3n) is 4.33. The summed E-state index contributed by atoms with van der Waals surface area (Å²) in [4.78, 5) is 25.8. The maximum Gasteiger partial charge on any atom is 0.364 e. The Kier molecular flexibility index (Phi) is 7.10. The smallest absolute Gasteiger partial charge is 0.364 e. The zero-order valence-corrected chi connectivity index (χ0v) is 17.4. The minimum atomic E-state index is -0.716. The molecule has 0 aliphatic rings. The predicted molar refractivity (Wildman–Crippen MR) is 113 cm³/mol. The minimum absolute atomic E-state index is 0.0786. The van der Waals surface area contributed by atoms with E-state index in [0.29, 0.717) is 11.3 Å². The van der Waals surface area contributed by atoms with Crippen molar-refractivity contribution in [2.45, 2.75) is 13.8 Å². The first kappa shape index (κ1) is 21.7. The highest BCUT2D eigenvalue weighted by Gasteiger charge is 2.24. The van der Waals surface area contributed by atoms with Crippen molar-refractivity contribution in [3.05, 3.63) is 70.9 Å². The molecule has 0 saturated heterocycles. The number of Topliss-reactive ketones (excluding diaryl/α,β-unsaturated/α-hetero) is 1. The Morgan fingerprint density at radius 2 is 1.87 bits per heavy atom. The molecule has 0 saturated carbocycles. The molecule has 0 atom stereocenters. The minimum Gasteiger partial charge on any atom is -0.497 e. The third kappa shape index (κ3) is 5.33. The van der Waals surface area contributed by atoms with Gasteiger partial charge in [0.25, 0.3) is 5.88 Å². The van der Waals surface area contributed by atoms with E-state index >= 15 is 0 Å². The van der Waals surface area contributed by atoms with Gasteiger partial charge in [-0.05, 0) is 54.5 Å². The van der Waals surface area contributed by atoms with Gasteiger partial charge < -0.3 is 14.2 Å². The van der Waals surface area contributed by atoms with E-state index in [1.807, 2.05) is 31.2 Å². The van der Waals surface area contributed by atoms with Crippen molar-refractivity contribution in [3.63, 3.8) is 0 Å². The Labute approximate surface area is 179 Å². The Bertz CT molecular complexity index is 1090. The summed E-state index contributed by atoms with van der Waals surface area (Å²) in [5.41, 5.74) is 2.14. The SMILES string of the molecule is CCOC(=O)c1nnn(/N=C/c2ccccc2C)c1OCC(=O)c1ccc(OC)cc1. The molecular formula is C22H22N4O5. The second kappa shape index (κ2) is 10.1. The van der Waals surface area contributed by atoms with Crippen LogP contribution in [0.2, 0.25) is 0 Å². The largest absolute Gasteiger partial charge is 0.497 e. The topological polar surface area (TPSA) is 105 Å². The van der Waals surface area contributed by atoms with Crippen LogP contribution in [0.15, 0.2) is 53.6 Å². The van der Waals surface area contributed by atoms with Gasteiger partial charge in [0.2, 0.25) is 5.69 Å². The molecule has 0 spiro atoms. The summed E-state index contributed by atoms with van der Waals surface area (Å²) >= 11 is 0. The molecule has 0 fully saturated rings. The van der Waals surface area contributed by atoms with Gasteiger partial charge in [0.15, 0.2) is 12.4 Å². The van der Waals surface area contributed by atoms with Crippen LogP contribution >= 0.6 is 0 Å². The van der Waals surface area contributed by atoms with Gasteiger partial charge in [-0.3, -0.25) is 4.79 Å². The fourth-order valence-electron chi connectivity index (χ4n) is 2.64. The number of carbonyl (C=O) groups excluding carboxylic acids is 2. The molecule has 3 rings (SSSR count). The number of benzene rings is 2. The van der Waals surface area contributed by atoms with E-state index in [4.69, 9.17) is 14.2 Å². The van der Waals surface area contributed by atoms with Crippen molar-refractivity contribution in [1.82, 2.24) is 15.1 Å². The fourth-order valence-corrected chi connectivity index (χ4v) is 2.64. The second-order valence-electron chi connectivity index (χ2n) is 6.39. The quantitative estimate of drug-likeness (QED) is 0.297. The van der Waals surface area contributed by atoms with Crippen molar-refractivity contribution in [2.24, 2.45) is 5.10 Å². The lowest BCUT2D eigenvalue weighted by Crippen LogP contribution is -2.15. The van der Waals surface area contributed by atoms with Crippen molar-refractivity contribution in [1.29, 1.82) is 0 Å². The lowest BCUT2D eigenvalue weighted by atomic mass is 10.1. The third-order valence-corrected chi connectivity index (χ3v) is 4.33. The molecule has 9 nitrogen and oxygen atoms in total. The Hall–Kier alpha value is -4.01. The number of esters is 1. The zero-order valence-electron chi connectivity index (χ0n) is 17.4. The molecule has 0 unspecified atom stereocenters. The number of carbonyl (C=O) groups is 2. The molecule has 31 heavy (non-hydrogen) atoms. The first-order chi connectivity index (χ1) is 15.0. The average molecular weight is 422 g/mol. The Morgan fingerprint density at radius 1 is 1.13 bits per heavy atom. The number of hydrogen-bond donors (Lipinski definition) is 0. The van der Waals surface area contributed by atoms with E-state index in [1.165, 1.54) is 0 Å². The normalized spacial score (nSPS) is 10.8. The second-order valence-corrected chi connectivity index (χ2v) is 6.39. The summed E-state index contributed by atoms with van der Waals surface area (Å²) in [6, 6.07) is 14.2. The molecule has 0 bridgehead atoms. The summed E-state index contributed by atoms with van der Waals surface area (Å²) in [6.07, 6.45) is 1.57. The Morgan fingerprint density at radius 3 is 2.55 bits per heavy atom. The van der Waals surface area contributed by atoms with Gasteiger partial charge in [-0.2, -0.15) is 5.10 Å². The molecule has 0 N–H and O–H groups in total. The first-order valence-electron chi connectivity index (χ1n) is 9.56. The van der Waals surface area contributed by atoms with Gasteiger partial charge in [-0.15, -0.1) is 5.10 Å². The molecule has 2 aromatic carbocycles. The van der Waals surface area contributed by atoms with E-state index < -0.39 is 5.97 Å². The van der Waals surface area contributed by atoms with Crippen molar-refractivity contribution < 1.29 is 23.8 Å². The van der Waals surface area contributed by atoms with Gasteiger partial charge in [-0.1, -0.05) is 29.1 Å². The number of aryl methyl sites for hydroxylation is 1. The molecule has 1 aromatic heterocycles. The standard InChI is InChI=1S/C22H22N4O5/c1-4-30-22(28)20-21(31-14-19(27)16-9-11-18(29-3)12-10-16)26(25-24-20)23-13-17-8-6-5-7-15(17)2/h5-13H,4,14H2,1-3H3/b23-13+. The molecule has 3 aromatic rings. The number of ether oxygens (including phenoxy) is 3. The van der Waals surface area contributed by atoms with E-state index in [1.54, 1.807) is 44.5 Å². The maximum atomic E-state index is 12.5. The molecule has 0 aliphatic carbocycles. The molecule has 9 heteroatoms. The summed E-state index contributed by atoms with van der Waals surface area (Å²) < 4.78 is 15.7. The lowest BCUT2D eigenvalue weighted by Gasteiger charge is -2.07. The fraction of sp³-hybridized carbons (Fsp3) is 0.227. The van der Waals surface area contributed by atoms with E-state index in [-0.39, 0.29) is 30.6 Å². The van der Waals surface area contributed by atoms with Gasteiger partial charge in [0.1, 0.15) is 5.75 Å². The molecule has 0 radical (unpaired) electrons. The number of rotatable bonds is 9. The highest BCUT2D eigenvalue weighted by molar-refractivity contribution is 5.97. The highest BCUT2D eigenvalue weighted by Crippen LogP contribution is 2.18. The van der Waals surface area contributed by atoms with Crippen molar-refractivity contribution in [3.8, 4) is 11.6 Å². The number of nitrogens with zero attached hydrogens (tertiary/aromatic N) is 4. The summed E-state index contributed by atoms with van der Waals surface area (Å²) in [5.74, 6) is -0.458. The summed E-state index contributed by atoms with van der Waals surface area (Å²) in [7, 11) is 1.54. The highest BCUT2D eigenvalue weighted by atomic mass is 16.5. The number of hydrogen-bond acceptors (Lipinski definition) is 8. The summed E-state index contributed by atoms with van der Waals surface area (Å²) in [6.45, 7) is 3.43. The first-order valence-corrected chi connectivity index (χ1v) is 9.56. The van der Waals surface area contributed by atoms with Crippen LogP contribution in [-0.4, -0.2) is 53.4 Å². The molecular weight excluding hydrogens is 400 g/mol. The van der Waals surface area contributed by atoms with Gasteiger partial charge >= 0.3 is 5.97 Å². The van der Waals surface area contributed by atoms with Crippen molar-refractivity contribution >= 4 is 18.0 Å². The van der Waals surface area contributed by atoms with E-state index in [0.717, 1.165) is 15.9 Å². The van der Waals surface area contributed by atoms with Gasteiger partial charge in [-0.25, -0.2) is 4.79 Å².